The van der Waals surface area contributed by atoms with Gasteiger partial charge in [-0.3, -0.25) is 0 Å². The largest absolute Gasteiger partial charge is 0.494 e. The van der Waals surface area contributed by atoms with Crippen LogP contribution >= 0.6 is 11.6 Å². The summed E-state index contributed by atoms with van der Waals surface area (Å²) in [6, 6.07) is 3.10. The predicted octanol–water partition coefficient (Wildman–Crippen LogP) is 3.35. The Bertz CT molecular complexity index is 638. The van der Waals surface area contributed by atoms with Gasteiger partial charge in [0.1, 0.15) is 5.82 Å². The number of halogens is 2. The van der Waals surface area contributed by atoms with Gasteiger partial charge in [-0.25, -0.2) is 9.37 Å². The first kappa shape index (κ1) is 14.6. The van der Waals surface area contributed by atoms with E-state index in [1.165, 1.54) is 13.2 Å². The van der Waals surface area contributed by atoms with Gasteiger partial charge in [0.25, 0.3) is 0 Å². The lowest BCUT2D eigenvalue weighted by Gasteiger charge is -2.11. The fraction of sp³-hybridized carbons (Fsp3) is 0.533. The summed E-state index contributed by atoms with van der Waals surface area (Å²) in [6.45, 7) is 2.47. The standard InChI is InChI=1S/C15H18ClFN2O2/c1-20-14-7-13-12(6-11(14)17)18-15(8-16)19(13)4-2-10-3-5-21-9-10/h6-7,10H,2-5,8-9H2,1H3. The number of alkyl halides is 1. The molecule has 114 valence electrons. The average molecular weight is 313 g/mol. The normalized spacial score (nSPS) is 18.5. The Labute approximate surface area is 127 Å². The Hall–Kier alpha value is -1.33. The molecule has 0 saturated carbocycles. The van der Waals surface area contributed by atoms with Gasteiger partial charge >= 0.3 is 0 Å². The number of ether oxygens (including phenoxy) is 2. The number of hydrogen-bond acceptors (Lipinski definition) is 3. The van der Waals surface area contributed by atoms with Gasteiger partial charge in [-0.05, 0) is 18.8 Å². The molecule has 3 rings (SSSR count). The smallest absolute Gasteiger partial charge is 0.167 e. The number of rotatable bonds is 5. The first-order chi connectivity index (χ1) is 10.2. The monoisotopic (exact) mass is 312 g/mol. The second kappa shape index (κ2) is 6.20. The minimum Gasteiger partial charge on any atom is -0.494 e. The van der Waals surface area contributed by atoms with Crippen LogP contribution in [0.3, 0.4) is 0 Å². The Kier molecular flexibility index (Phi) is 4.31. The zero-order chi connectivity index (χ0) is 14.8. The molecular weight excluding hydrogens is 295 g/mol. The van der Waals surface area contributed by atoms with Crippen LogP contribution in [0.15, 0.2) is 12.1 Å². The maximum atomic E-state index is 13.8. The van der Waals surface area contributed by atoms with E-state index in [2.05, 4.69) is 9.55 Å². The highest BCUT2D eigenvalue weighted by Crippen LogP contribution is 2.27. The average Bonchev–Trinajstić information content (AvgIpc) is 3.11. The van der Waals surface area contributed by atoms with E-state index in [4.69, 9.17) is 21.1 Å². The highest BCUT2D eigenvalue weighted by Gasteiger charge is 2.18. The fourth-order valence-corrected chi connectivity index (χ4v) is 3.01. The summed E-state index contributed by atoms with van der Waals surface area (Å²) in [6.07, 6.45) is 2.11. The van der Waals surface area contributed by atoms with Gasteiger partial charge in [0.05, 0.1) is 24.0 Å². The number of fused-ring (bicyclic) bond motifs is 1. The van der Waals surface area contributed by atoms with Crippen molar-refractivity contribution in [1.82, 2.24) is 9.55 Å². The summed E-state index contributed by atoms with van der Waals surface area (Å²) in [7, 11) is 1.46. The van der Waals surface area contributed by atoms with Gasteiger partial charge in [0.2, 0.25) is 0 Å². The molecular formula is C15H18ClFN2O2. The van der Waals surface area contributed by atoms with E-state index in [1.807, 2.05) is 0 Å². The molecule has 21 heavy (non-hydrogen) atoms. The Morgan fingerprint density at radius 1 is 1.52 bits per heavy atom. The van der Waals surface area contributed by atoms with Gasteiger partial charge in [0, 0.05) is 31.9 Å². The molecule has 6 heteroatoms. The van der Waals surface area contributed by atoms with Crippen molar-refractivity contribution in [2.45, 2.75) is 25.3 Å². The molecule has 2 aromatic rings. The van der Waals surface area contributed by atoms with Crippen LogP contribution in [-0.2, 0) is 17.2 Å². The number of aryl methyl sites for hydroxylation is 1. The molecule has 1 fully saturated rings. The third-order valence-corrected chi connectivity index (χ3v) is 4.24. The topological polar surface area (TPSA) is 36.3 Å². The molecule has 1 saturated heterocycles. The summed E-state index contributed by atoms with van der Waals surface area (Å²) in [5, 5.41) is 0. The fourth-order valence-electron chi connectivity index (χ4n) is 2.81. The Balaban J connectivity index is 1.93. The molecule has 0 radical (unpaired) electrons. The van der Waals surface area contributed by atoms with Crippen molar-refractivity contribution >= 4 is 22.6 Å². The maximum absolute atomic E-state index is 13.8. The lowest BCUT2D eigenvalue weighted by Crippen LogP contribution is -2.08. The molecule has 1 atom stereocenters. The first-order valence-corrected chi connectivity index (χ1v) is 7.62. The van der Waals surface area contributed by atoms with E-state index in [1.54, 1.807) is 6.07 Å². The summed E-state index contributed by atoms with van der Waals surface area (Å²) in [5.41, 5.74) is 1.48. The summed E-state index contributed by atoms with van der Waals surface area (Å²) in [5.74, 6) is 1.47. The number of benzene rings is 1. The Morgan fingerprint density at radius 3 is 3.05 bits per heavy atom. The minimum atomic E-state index is -0.403. The van der Waals surface area contributed by atoms with E-state index in [-0.39, 0.29) is 5.75 Å². The Morgan fingerprint density at radius 2 is 2.38 bits per heavy atom. The highest BCUT2D eigenvalue weighted by atomic mass is 35.5. The van der Waals surface area contributed by atoms with E-state index in [0.29, 0.717) is 17.3 Å². The molecule has 4 nitrogen and oxygen atoms in total. The molecule has 1 aromatic carbocycles. The maximum Gasteiger partial charge on any atom is 0.167 e. The van der Waals surface area contributed by atoms with E-state index in [0.717, 1.165) is 43.9 Å². The van der Waals surface area contributed by atoms with Gasteiger partial charge in [-0.15, -0.1) is 11.6 Å². The van der Waals surface area contributed by atoms with Crippen LogP contribution in [0.25, 0.3) is 11.0 Å². The second-order valence-corrected chi connectivity index (χ2v) is 5.57. The van der Waals surface area contributed by atoms with Crippen LogP contribution in [0, 0.1) is 11.7 Å². The molecule has 1 unspecified atom stereocenters. The van der Waals surface area contributed by atoms with Gasteiger partial charge in [-0.1, -0.05) is 0 Å². The first-order valence-electron chi connectivity index (χ1n) is 7.09. The van der Waals surface area contributed by atoms with Crippen molar-refractivity contribution in [2.75, 3.05) is 20.3 Å². The molecule has 0 aliphatic carbocycles. The minimum absolute atomic E-state index is 0.231. The van der Waals surface area contributed by atoms with E-state index in [9.17, 15) is 4.39 Å². The molecule has 2 heterocycles. The van der Waals surface area contributed by atoms with Crippen molar-refractivity contribution in [3.63, 3.8) is 0 Å². The highest BCUT2D eigenvalue weighted by molar-refractivity contribution is 6.16. The van der Waals surface area contributed by atoms with Crippen molar-refractivity contribution in [1.29, 1.82) is 0 Å². The van der Waals surface area contributed by atoms with Crippen LogP contribution in [0.5, 0.6) is 5.75 Å². The van der Waals surface area contributed by atoms with Crippen LogP contribution in [-0.4, -0.2) is 29.9 Å². The number of imidazole rings is 1. The molecule has 0 bridgehead atoms. The molecule has 1 aromatic heterocycles. The number of hydrogen-bond donors (Lipinski definition) is 0. The van der Waals surface area contributed by atoms with Crippen molar-refractivity contribution in [3.05, 3.63) is 23.8 Å². The molecule has 0 N–H and O–H groups in total. The molecule has 1 aliphatic rings. The lowest BCUT2D eigenvalue weighted by molar-refractivity contribution is 0.183. The van der Waals surface area contributed by atoms with E-state index < -0.39 is 5.82 Å². The summed E-state index contributed by atoms with van der Waals surface area (Å²) in [4.78, 5) is 4.42. The molecule has 1 aliphatic heterocycles. The molecule has 0 amide bonds. The summed E-state index contributed by atoms with van der Waals surface area (Å²) < 4.78 is 26.3. The van der Waals surface area contributed by atoms with Crippen molar-refractivity contribution in [2.24, 2.45) is 5.92 Å². The van der Waals surface area contributed by atoms with Gasteiger partial charge < -0.3 is 14.0 Å². The number of aromatic nitrogens is 2. The third-order valence-electron chi connectivity index (χ3n) is 4.01. The van der Waals surface area contributed by atoms with Gasteiger partial charge in [0.15, 0.2) is 11.6 Å². The predicted molar refractivity (Wildman–Crippen MR) is 79.3 cm³/mol. The zero-order valence-corrected chi connectivity index (χ0v) is 12.7. The zero-order valence-electron chi connectivity index (χ0n) is 11.9. The van der Waals surface area contributed by atoms with E-state index >= 15 is 0 Å². The molecule has 0 spiro atoms. The van der Waals surface area contributed by atoms with Crippen molar-refractivity contribution < 1.29 is 13.9 Å². The lowest BCUT2D eigenvalue weighted by atomic mass is 10.1. The van der Waals surface area contributed by atoms with Crippen LogP contribution < -0.4 is 4.74 Å². The van der Waals surface area contributed by atoms with Crippen LogP contribution in [0.4, 0.5) is 4.39 Å². The third kappa shape index (κ3) is 2.85. The quantitative estimate of drug-likeness (QED) is 0.794. The van der Waals surface area contributed by atoms with Gasteiger partial charge in [-0.2, -0.15) is 0 Å². The van der Waals surface area contributed by atoms with Crippen LogP contribution in [0.1, 0.15) is 18.7 Å². The van der Waals surface area contributed by atoms with Crippen LogP contribution in [0.2, 0.25) is 0 Å². The summed E-state index contributed by atoms with van der Waals surface area (Å²) >= 11 is 5.98. The number of methoxy groups -OCH3 is 1. The van der Waals surface area contributed by atoms with Crippen molar-refractivity contribution in [3.8, 4) is 5.75 Å². The number of nitrogens with zero attached hydrogens (tertiary/aromatic N) is 2. The second-order valence-electron chi connectivity index (χ2n) is 5.31. The SMILES string of the molecule is COc1cc2c(cc1F)nc(CCl)n2CCC1CCOC1.